The Morgan fingerprint density at radius 1 is 0.623 bits per heavy atom. The fourth-order valence-corrected chi connectivity index (χ4v) is 4.73. The Balaban J connectivity index is 0.000000303. The Bertz CT molecular complexity index is 1510. The first-order valence-electron chi connectivity index (χ1n) is 17.6. The van der Waals surface area contributed by atoms with E-state index < -0.39 is 11.6 Å². The topological polar surface area (TPSA) is 144 Å². The van der Waals surface area contributed by atoms with Crippen LogP contribution < -0.4 is 5.32 Å². The van der Waals surface area contributed by atoms with Gasteiger partial charge in [0, 0.05) is 76.6 Å². The lowest BCUT2D eigenvalue weighted by Crippen LogP contribution is -2.49. The number of hydrogen-bond donors (Lipinski definition) is 1. The SMILES string of the molecule is CC(C)(C)OC(=O)N1CCNCC1.COC(=O)/C=C/c1ccc(C=O)cc1.COC(=O)/C=C/c1ccc(CN2CCN(C(=O)OC(C)(C)C)CC2)cc1. The van der Waals surface area contributed by atoms with E-state index in [2.05, 4.69) is 31.8 Å². The molecule has 2 aliphatic heterocycles. The summed E-state index contributed by atoms with van der Waals surface area (Å²) in [5, 5.41) is 3.18. The number of esters is 2. The second kappa shape index (κ2) is 22.1. The minimum atomic E-state index is -0.460. The molecule has 0 radical (unpaired) electrons. The lowest BCUT2D eigenvalue weighted by molar-refractivity contribution is -0.135. The third-order valence-electron chi connectivity index (χ3n) is 7.48. The fraction of sp³-hybridized carbons (Fsp3) is 0.475. The first-order valence-corrected chi connectivity index (χ1v) is 17.6. The molecule has 2 amide bonds. The van der Waals surface area contributed by atoms with Crippen molar-refractivity contribution in [2.45, 2.75) is 59.3 Å². The average Bonchev–Trinajstić information content (AvgIpc) is 3.13. The van der Waals surface area contributed by atoms with Crippen LogP contribution in [-0.2, 0) is 35.1 Å². The van der Waals surface area contributed by atoms with Crippen LogP contribution in [0, 0.1) is 0 Å². The molecule has 4 rings (SSSR count). The Morgan fingerprint density at radius 2 is 1.02 bits per heavy atom. The molecule has 2 aliphatic rings. The first-order chi connectivity index (χ1) is 25.0. The number of aldehydes is 1. The molecule has 53 heavy (non-hydrogen) atoms. The van der Waals surface area contributed by atoms with Crippen LogP contribution in [0.5, 0.6) is 0 Å². The van der Waals surface area contributed by atoms with Gasteiger partial charge in [0.05, 0.1) is 14.2 Å². The summed E-state index contributed by atoms with van der Waals surface area (Å²) < 4.78 is 19.7. The molecule has 2 fully saturated rings. The highest BCUT2D eigenvalue weighted by molar-refractivity contribution is 5.87. The molecule has 1 N–H and O–H groups in total. The number of nitrogens with one attached hydrogen (secondary N) is 1. The van der Waals surface area contributed by atoms with Gasteiger partial charge in [-0.15, -0.1) is 0 Å². The van der Waals surface area contributed by atoms with Crippen molar-refractivity contribution in [1.29, 1.82) is 0 Å². The third-order valence-corrected chi connectivity index (χ3v) is 7.48. The summed E-state index contributed by atoms with van der Waals surface area (Å²) in [6.45, 7) is 18.3. The summed E-state index contributed by atoms with van der Waals surface area (Å²) in [7, 11) is 2.68. The van der Waals surface area contributed by atoms with Crippen LogP contribution in [-0.4, -0.2) is 123 Å². The van der Waals surface area contributed by atoms with Crippen LogP contribution in [0.4, 0.5) is 9.59 Å². The number of rotatable bonds is 7. The zero-order chi connectivity index (χ0) is 39.4. The van der Waals surface area contributed by atoms with E-state index in [0.29, 0.717) is 18.7 Å². The van der Waals surface area contributed by atoms with Crippen molar-refractivity contribution in [1.82, 2.24) is 20.0 Å². The number of nitrogens with zero attached hydrogens (tertiary/aromatic N) is 3. The molecule has 0 unspecified atom stereocenters. The van der Waals surface area contributed by atoms with Crippen molar-refractivity contribution in [2.75, 3.05) is 66.6 Å². The van der Waals surface area contributed by atoms with E-state index in [4.69, 9.17) is 9.47 Å². The number of amides is 2. The highest BCUT2D eigenvalue weighted by Crippen LogP contribution is 2.15. The molecule has 0 atom stereocenters. The Hall–Kier alpha value is -5.01. The largest absolute Gasteiger partial charge is 0.466 e. The van der Waals surface area contributed by atoms with Gasteiger partial charge in [-0.3, -0.25) is 9.69 Å². The maximum atomic E-state index is 12.1. The van der Waals surface area contributed by atoms with E-state index in [1.54, 1.807) is 46.2 Å². The van der Waals surface area contributed by atoms with Gasteiger partial charge in [-0.1, -0.05) is 48.5 Å². The van der Waals surface area contributed by atoms with Crippen LogP contribution in [0.2, 0.25) is 0 Å². The van der Waals surface area contributed by atoms with Gasteiger partial charge in [0.2, 0.25) is 0 Å². The molecular weight excluding hydrogens is 680 g/mol. The molecule has 2 aromatic rings. The van der Waals surface area contributed by atoms with Crippen molar-refractivity contribution < 1.29 is 42.9 Å². The predicted octanol–water partition coefficient (Wildman–Crippen LogP) is 5.44. The van der Waals surface area contributed by atoms with Crippen LogP contribution in [0.1, 0.15) is 68.6 Å². The summed E-state index contributed by atoms with van der Waals surface area (Å²) in [5.41, 5.74) is 2.77. The molecule has 0 spiro atoms. The smallest absolute Gasteiger partial charge is 0.410 e. The van der Waals surface area contributed by atoms with E-state index in [9.17, 15) is 24.0 Å². The van der Waals surface area contributed by atoms with Gasteiger partial charge in [-0.2, -0.15) is 0 Å². The molecule has 290 valence electrons. The van der Waals surface area contributed by atoms with Gasteiger partial charge in [-0.05, 0) is 70.4 Å². The van der Waals surface area contributed by atoms with Gasteiger partial charge < -0.3 is 34.1 Å². The van der Waals surface area contributed by atoms with Crippen LogP contribution in [0.25, 0.3) is 12.2 Å². The molecule has 2 saturated heterocycles. The predicted molar refractivity (Wildman–Crippen MR) is 204 cm³/mol. The highest BCUT2D eigenvalue weighted by atomic mass is 16.6. The summed E-state index contributed by atoms with van der Waals surface area (Å²) in [5.74, 6) is -0.763. The lowest BCUT2D eigenvalue weighted by Gasteiger charge is -2.35. The number of carbonyl (C=O) groups is 5. The summed E-state index contributed by atoms with van der Waals surface area (Å²) in [6.07, 6.45) is 6.43. The lowest BCUT2D eigenvalue weighted by atomic mass is 10.1. The number of piperazine rings is 2. The zero-order valence-corrected chi connectivity index (χ0v) is 32.4. The summed E-state index contributed by atoms with van der Waals surface area (Å²) in [6, 6.07) is 14.9. The van der Waals surface area contributed by atoms with Crippen molar-refractivity contribution >= 4 is 42.6 Å². The molecule has 0 aliphatic carbocycles. The van der Waals surface area contributed by atoms with Crippen LogP contribution in [0.3, 0.4) is 0 Å². The van der Waals surface area contributed by atoms with Gasteiger partial charge in [0.25, 0.3) is 0 Å². The van der Waals surface area contributed by atoms with E-state index in [-0.39, 0.29) is 23.8 Å². The Labute approximate surface area is 313 Å². The van der Waals surface area contributed by atoms with E-state index in [1.807, 2.05) is 53.7 Å². The minimum absolute atomic E-state index is 0.200. The van der Waals surface area contributed by atoms with Crippen LogP contribution in [0.15, 0.2) is 60.7 Å². The van der Waals surface area contributed by atoms with Crippen molar-refractivity contribution in [3.8, 4) is 0 Å². The van der Waals surface area contributed by atoms with E-state index >= 15 is 0 Å². The average molecular weight is 737 g/mol. The number of carbonyl (C=O) groups excluding carboxylic acids is 5. The zero-order valence-electron chi connectivity index (χ0n) is 32.4. The van der Waals surface area contributed by atoms with Gasteiger partial charge in [0.1, 0.15) is 17.5 Å². The minimum Gasteiger partial charge on any atom is -0.466 e. The van der Waals surface area contributed by atoms with Crippen LogP contribution >= 0.6 is 0 Å². The fourth-order valence-electron chi connectivity index (χ4n) is 4.73. The van der Waals surface area contributed by atoms with Crippen molar-refractivity contribution in [3.05, 3.63) is 82.9 Å². The second-order valence-electron chi connectivity index (χ2n) is 14.2. The van der Waals surface area contributed by atoms with Crippen molar-refractivity contribution in [2.24, 2.45) is 0 Å². The van der Waals surface area contributed by atoms with Gasteiger partial charge >= 0.3 is 24.1 Å². The molecule has 0 aromatic heterocycles. The third kappa shape index (κ3) is 18.9. The Morgan fingerprint density at radius 3 is 1.42 bits per heavy atom. The molecule has 0 saturated carbocycles. The van der Waals surface area contributed by atoms with Gasteiger partial charge in [-0.25, -0.2) is 19.2 Å². The summed E-state index contributed by atoms with van der Waals surface area (Å²) >= 11 is 0. The van der Waals surface area contributed by atoms with Crippen molar-refractivity contribution in [3.63, 3.8) is 0 Å². The Kier molecular flexibility index (Phi) is 18.4. The molecule has 0 bridgehead atoms. The number of ether oxygens (including phenoxy) is 4. The molecular formula is C40H56N4O9. The first kappa shape index (κ1) is 44.2. The van der Waals surface area contributed by atoms with E-state index in [0.717, 1.165) is 63.2 Å². The quantitative estimate of drug-likeness (QED) is 0.168. The normalized spacial score (nSPS) is 15.0. The monoisotopic (exact) mass is 736 g/mol. The van der Waals surface area contributed by atoms with Gasteiger partial charge in [0.15, 0.2) is 0 Å². The molecule has 13 heteroatoms. The molecule has 2 aromatic carbocycles. The second-order valence-corrected chi connectivity index (χ2v) is 14.2. The number of methoxy groups -OCH3 is 2. The molecule has 13 nitrogen and oxygen atoms in total. The molecule has 2 heterocycles. The number of hydrogen-bond acceptors (Lipinski definition) is 11. The number of benzene rings is 2. The van der Waals surface area contributed by atoms with E-state index in [1.165, 1.54) is 31.9 Å². The highest BCUT2D eigenvalue weighted by Gasteiger charge is 2.26. The summed E-state index contributed by atoms with van der Waals surface area (Å²) in [4.78, 5) is 61.6. The maximum absolute atomic E-state index is 12.1. The standard InChI is InChI=1S/C20H28N2O4.C11H10O3.C9H18N2O2/c1-20(2,3)26-19(24)22-13-11-21(12-14-22)15-17-7-5-16(6-8-17)9-10-18(23)25-4;1-14-11(13)7-6-9-2-4-10(8-12)5-3-9;1-9(2,3)13-8(12)11-6-4-10-5-7-11/h5-10H,11-15H2,1-4H3;2-8H,1H3;10H,4-7H2,1-3H3/b10-9+;7-6+;. The maximum Gasteiger partial charge on any atom is 0.410 e.